The van der Waals surface area contributed by atoms with Crippen LogP contribution in [0.5, 0.6) is 0 Å². The molecule has 0 N–H and O–H groups in total. The highest BCUT2D eigenvalue weighted by Crippen LogP contribution is 2.10. The lowest BCUT2D eigenvalue weighted by molar-refractivity contribution is -0.104. The van der Waals surface area contributed by atoms with E-state index >= 15 is 0 Å². The van der Waals surface area contributed by atoms with Gasteiger partial charge in [-0.3, -0.25) is 9.79 Å². The minimum absolute atomic E-state index is 0.651. The lowest BCUT2D eigenvalue weighted by atomic mass is 10.2. The zero-order valence-electron chi connectivity index (χ0n) is 9.42. The molecule has 0 saturated carbocycles. The smallest absolute Gasteiger partial charge is 0.151 e. The first-order valence-electron chi connectivity index (χ1n) is 4.41. The van der Waals surface area contributed by atoms with Crippen LogP contribution < -0.4 is 0 Å². The summed E-state index contributed by atoms with van der Waals surface area (Å²) < 4.78 is 0. The second kappa shape index (κ2) is 6.60. The van der Waals surface area contributed by atoms with Gasteiger partial charge in [-0.1, -0.05) is 11.6 Å². The second-order valence-corrected chi connectivity index (χ2v) is 4.21. The first kappa shape index (κ1) is 13.2. The van der Waals surface area contributed by atoms with Crippen LogP contribution in [0.4, 0.5) is 0 Å². The molecule has 2 nitrogen and oxygen atoms in total. The van der Waals surface area contributed by atoms with Crippen molar-refractivity contribution in [1.82, 2.24) is 0 Å². The molecule has 0 aliphatic carbocycles. The zero-order chi connectivity index (χ0) is 11.1. The van der Waals surface area contributed by atoms with Crippen molar-refractivity contribution in [1.29, 1.82) is 0 Å². The van der Waals surface area contributed by atoms with Crippen LogP contribution in [0.15, 0.2) is 27.9 Å². The molecule has 0 radical (unpaired) electrons. The van der Waals surface area contributed by atoms with E-state index in [2.05, 4.69) is 4.99 Å². The van der Waals surface area contributed by atoms with Crippen molar-refractivity contribution in [2.24, 2.45) is 4.99 Å². The molecule has 3 heteroatoms. The van der Waals surface area contributed by atoms with E-state index in [1.807, 2.05) is 40.0 Å². The third-order valence-corrected chi connectivity index (χ3v) is 2.29. The number of carbonyl (C=O) groups excluding carboxylic acids is 1. The summed E-state index contributed by atoms with van der Waals surface area (Å²) in [4.78, 5) is 15.1. The summed E-state index contributed by atoms with van der Waals surface area (Å²) in [5, 5.41) is 0.962. The Morgan fingerprint density at radius 1 is 1.21 bits per heavy atom. The Labute approximate surface area is 90.2 Å². The summed E-state index contributed by atoms with van der Waals surface area (Å²) >= 11 is 1.58. The van der Waals surface area contributed by atoms with Crippen molar-refractivity contribution in [2.75, 3.05) is 6.26 Å². The molecule has 14 heavy (non-hydrogen) atoms. The van der Waals surface area contributed by atoms with Gasteiger partial charge in [-0.2, -0.15) is 0 Å². The fraction of sp³-hybridized carbons (Fsp3) is 0.455. The Morgan fingerprint density at radius 2 is 1.79 bits per heavy atom. The summed E-state index contributed by atoms with van der Waals surface area (Å²) in [5.74, 6) is 0. The van der Waals surface area contributed by atoms with Crippen LogP contribution >= 0.6 is 11.8 Å². The minimum Gasteiger partial charge on any atom is -0.298 e. The molecule has 0 unspecified atom stereocenters. The van der Waals surface area contributed by atoms with Gasteiger partial charge in [0.15, 0.2) is 6.29 Å². The topological polar surface area (TPSA) is 29.4 Å². The zero-order valence-corrected chi connectivity index (χ0v) is 10.2. The average molecular weight is 211 g/mol. The van der Waals surface area contributed by atoms with Crippen molar-refractivity contribution in [3.8, 4) is 0 Å². The quantitative estimate of drug-likeness (QED) is 0.236. The van der Waals surface area contributed by atoms with Crippen molar-refractivity contribution in [3.05, 3.63) is 22.9 Å². The molecular weight excluding hydrogens is 194 g/mol. The standard InChI is InChI=1S/C11H17NOS/c1-8(2)6-11(7-13)9(3)12-10(4)14-5/h6-7H,1-5H3/b11-9+,12-10?. The van der Waals surface area contributed by atoms with Gasteiger partial charge in [0.05, 0.1) is 5.04 Å². The van der Waals surface area contributed by atoms with Crippen LogP contribution in [0.25, 0.3) is 0 Å². The van der Waals surface area contributed by atoms with E-state index < -0.39 is 0 Å². The van der Waals surface area contributed by atoms with Gasteiger partial charge < -0.3 is 0 Å². The lowest BCUT2D eigenvalue weighted by Gasteiger charge is -1.99. The molecule has 0 saturated heterocycles. The summed E-state index contributed by atoms with van der Waals surface area (Å²) in [5.41, 5.74) is 2.52. The molecule has 0 aliphatic heterocycles. The molecule has 0 bridgehead atoms. The normalized spacial score (nSPS) is 13.4. The van der Waals surface area contributed by atoms with Crippen LogP contribution in [0, 0.1) is 0 Å². The number of hydrogen-bond donors (Lipinski definition) is 0. The van der Waals surface area contributed by atoms with E-state index in [0.717, 1.165) is 22.6 Å². The van der Waals surface area contributed by atoms with Gasteiger partial charge in [0.1, 0.15) is 0 Å². The molecule has 0 amide bonds. The molecule has 0 fully saturated rings. The van der Waals surface area contributed by atoms with Gasteiger partial charge >= 0.3 is 0 Å². The SMILES string of the molecule is CSC(C)=N/C(C)=C(/C=O)C=C(C)C. The monoisotopic (exact) mass is 211 g/mol. The van der Waals surface area contributed by atoms with E-state index in [1.54, 1.807) is 11.8 Å². The largest absolute Gasteiger partial charge is 0.298 e. The number of aliphatic imine (C=N–C) groups is 1. The Hall–Kier alpha value is -0.830. The van der Waals surface area contributed by atoms with Crippen molar-refractivity contribution >= 4 is 23.1 Å². The number of thioether (sulfide) groups is 1. The van der Waals surface area contributed by atoms with Gasteiger partial charge in [0.25, 0.3) is 0 Å². The van der Waals surface area contributed by atoms with Crippen molar-refractivity contribution in [3.63, 3.8) is 0 Å². The predicted octanol–water partition coefficient (Wildman–Crippen LogP) is 3.21. The highest BCUT2D eigenvalue weighted by Gasteiger charge is 1.97. The van der Waals surface area contributed by atoms with Crippen molar-refractivity contribution < 1.29 is 4.79 Å². The van der Waals surface area contributed by atoms with Gasteiger partial charge in [-0.15, -0.1) is 11.8 Å². The molecule has 0 aromatic heterocycles. The maximum atomic E-state index is 10.8. The fourth-order valence-electron chi connectivity index (χ4n) is 0.881. The third kappa shape index (κ3) is 5.02. The maximum absolute atomic E-state index is 10.8. The van der Waals surface area contributed by atoms with Crippen LogP contribution in [-0.4, -0.2) is 17.6 Å². The number of nitrogens with zero attached hydrogens (tertiary/aromatic N) is 1. The van der Waals surface area contributed by atoms with Crippen LogP contribution in [0.3, 0.4) is 0 Å². The molecule has 0 atom stereocenters. The number of allylic oxidation sites excluding steroid dienone is 4. The summed E-state index contributed by atoms with van der Waals surface area (Å²) in [6, 6.07) is 0. The molecule has 0 rings (SSSR count). The predicted molar refractivity (Wildman–Crippen MR) is 64.8 cm³/mol. The molecular formula is C11H17NOS. The van der Waals surface area contributed by atoms with E-state index in [9.17, 15) is 4.79 Å². The highest BCUT2D eigenvalue weighted by molar-refractivity contribution is 8.13. The average Bonchev–Trinajstić information content (AvgIpc) is 2.13. The van der Waals surface area contributed by atoms with Gasteiger partial charge in [-0.05, 0) is 34.0 Å². The van der Waals surface area contributed by atoms with Gasteiger partial charge in [-0.25, -0.2) is 0 Å². The maximum Gasteiger partial charge on any atom is 0.151 e. The first-order chi connectivity index (χ1) is 6.51. The van der Waals surface area contributed by atoms with E-state index in [4.69, 9.17) is 0 Å². The van der Waals surface area contributed by atoms with Crippen LogP contribution in [-0.2, 0) is 4.79 Å². The molecule has 78 valence electrons. The van der Waals surface area contributed by atoms with Crippen LogP contribution in [0.1, 0.15) is 27.7 Å². The second-order valence-electron chi connectivity index (χ2n) is 3.22. The summed E-state index contributed by atoms with van der Waals surface area (Å²) in [7, 11) is 0. The molecule has 0 aromatic carbocycles. The van der Waals surface area contributed by atoms with Gasteiger partial charge in [0, 0.05) is 11.3 Å². The Balaban J connectivity index is 5.04. The Morgan fingerprint density at radius 3 is 2.14 bits per heavy atom. The lowest BCUT2D eigenvalue weighted by Crippen LogP contribution is -1.89. The fourth-order valence-corrected chi connectivity index (χ4v) is 1.11. The number of aldehydes is 1. The molecule has 0 heterocycles. The number of rotatable bonds is 3. The minimum atomic E-state index is 0.651. The Bertz CT molecular complexity index is 296. The highest BCUT2D eigenvalue weighted by atomic mass is 32.2. The van der Waals surface area contributed by atoms with Crippen molar-refractivity contribution in [2.45, 2.75) is 27.7 Å². The first-order valence-corrected chi connectivity index (χ1v) is 5.64. The summed E-state index contributed by atoms with van der Waals surface area (Å²) in [6.07, 6.45) is 4.66. The third-order valence-electron chi connectivity index (χ3n) is 1.61. The molecule has 0 spiro atoms. The number of carbonyl (C=O) groups is 1. The molecule has 0 aliphatic rings. The van der Waals surface area contributed by atoms with E-state index in [-0.39, 0.29) is 0 Å². The molecule has 0 aromatic rings. The summed E-state index contributed by atoms with van der Waals surface area (Å²) in [6.45, 7) is 7.70. The Kier molecular flexibility index (Phi) is 6.21. The van der Waals surface area contributed by atoms with Crippen LogP contribution in [0.2, 0.25) is 0 Å². The van der Waals surface area contributed by atoms with E-state index in [1.165, 1.54) is 0 Å². The van der Waals surface area contributed by atoms with E-state index in [0.29, 0.717) is 5.57 Å². The number of hydrogen-bond acceptors (Lipinski definition) is 3. The van der Waals surface area contributed by atoms with Gasteiger partial charge in [0.2, 0.25) is 0 Å².